The maximum absolute atomic E-state index is 12.9. The molecule has 0 radical (unpaired) electrons. The number of carbonyl (C=O) groups excluding carboxylic acids is 3. The molecule has 5 aromatic rings. The zero-order valence-electron chi connectivity index (χ0n) is 23.6. The summed E-state index contributed by atoms with van der Waals surface area (Å²) in [6, 6.07) is 28.1. The number of esters is 3. The SMILES string of the molecule is O=C(Oc1ccc(C(=O)OC2CO[C@@H]3C(OC(=O)c4ccc5cc(S)ccc5c4)CO[C@H]23)cc1)c1ccc2cc(S)ccc2c1. The van der Waals surface area contributed by atoms with E-state index in [-0.39, 0.29) is 24.5 Å². The van der Waals surface area contributed by atoms with Crippen molar-refractivity contribution in [3.63, 3.8) is 0 Å². The number of ether oxygens (including phenoxy) is 5. The third-order valence-corrected chi connectivity index (χ3v) is 8.46. The minimum absolute atomic E-state index is 0.105. The fourth-order valence-electron chi connectivity index (χ4n) is 5.59. The van der Waals surface area contributed by atoms with Crippen molar-refractivity contribution >= 4 is 64.7 Å². The van der Waals surface area contributed by atoms with Crippen molar-refractivity contribution in [1.82, 2.24) is 0 Å². The maximum Gasteiger partial charge on any atom is 0.343 e. The van der Waals surface area contributed by atoms with Gasteiger partial charge < -0.3 is 23.7 Å². The van der Waals surface area contributed by atoms with Gasteiger partial charge in [0.15, 0.2) is 12.2 Å². The van der Waals surface area contributed by atoms with Gasteiger partial charge in [0.2, 0.25) is 0 Å². The van der Waals surface area contributed by atoms with Gasteiger partial charge in [-0.1, -0.05) is 24.3 Å². The molecule has 2 heterocycles. The van der Waals surface area contributed by atoms with Gasteiger partial charge in [0.25, 0.3) is 0 Å². The van der Waals surface area contributed by atoms with E-state index in [0.29, 0.717) is 11.1 Å². The van der Waals surface area contributed by atoms with Gasteiger partial charge in [-0.05, 0) is 94.3 Å². The number of hydrogen-bond acceptors (Lipinski definition) is 10. The lowest BCUT2D eigenvalue weighted by atomic mass is 10.1. The Labute approximate surface area is 269 Å². The van der Waals surface area contributed by atoms with Crippen LogP contribution in [0.25, 0.3) is 21.5 Å². The Balaban J connectivity index is 0.939. The Kier molecular flexibility index (Phi) is 7.97. The number of rotatable bonds is 6. The first-order valence-electron chi connectivity index (χ1n) is 14.2. The van der Waals surface area contributed by atoms with Crippen LogP contribution in [0, 0.1) is 0 Å². The molecule has 0 aromatic heterocycles. The Morgan fingerprint density at radius 2 is 0.956 bits per heavy atom. The zero-order chi connectivity index (χ0) is 31.1. The molecule has 2 unspecified atom stereocenters. The standard InChI is InChI=1S/C35H26O8S2/c36-33(19-5-9-26(10-6-19)41-34(37)24-3-1-22-15-27(44)11-7-20(22)13-24)42-29-17-39-32-30(18-40-31(29)32)43-35(38)25-4-2-23-16-28(45)12-8-21(23)14-25/h1-16,29-32,44-45H,17-18H2/t29?,30?,31-,32-/m1/s1. The predicted molar refractivity (Wildman–Crippen MR) is 172 cm³/mol. The second-order valence-corrected chi connectivity index (χ2v) is 11.9. The van der Waals surface area contributed by atoms with Crippen molar-refractivity contribution in [1.29, 1.82) is 0 Å². The average molecular weight is 639 g/mol. The van der Waals surface area contributed by atoms with Crippen LogP contribution in [0.3, 0.4) is 0 Å². The molecule has 4 atom stereocenters. The molecule has 8 nitrogen and oxygen atoms in total. The van der Waals surface area contributed by atoms with E-state index in [4.69, 9.17) is 23.7 Å². The van der Waals surface area contributed by atoms with Crippen molar-refractivity contribution in [2.24, 2.45) is 0 Å². The van der Waals surface area contributed by atoms with Crippen LogP contribution in [-0.4, -0.2) is 55.5 Å². The van der Waals surface area contributed by atoms with Crippen molar-refractivity contribution in [2.45, 2.75) is 34.2 Å². The lowest BCUT2D eigenvalue weighted by Crippen LogP contribution is -2.36. The fraction of sp³-hybridized carbons (Fsp3) is 0.171. The summed E-state index contributed by atoms with van der Waals surface area (Å²) >= 11 is 8.70. The summed E-state index contributed by atoms with van der Waals surface area (Å²) in [5, 5.41) is 3.73. The molecule has 226 valence electrons. The summed E-state index contributed by atoms with van der Waals surface area (Å²) in [5.74, 6) is -1.30. The second kappa shape index (κ2) is 12.2. The lowest BCUT2D eigenvalue weighted by molar-refractivity contribution is -0.0287. The molecule has 2 fully saturated rings. The summed E-state index contributed by atoms with van der Waals surface area (Å²) in [5.41, 5.74) is 1.09. The van der Waals surface area contributed by atoms with E-state index in [0.717, 1.165) is 31.3 Å². The zero-order valence-corrected chi connectivity index (χ0v) is 25.4. The first kappa shape index (κ1) is 29.4. The molecule has 0 amide bonds. The highest BCUT2D eigenvalue weighted by Gasteiger charge is 2.51. The number of thiol groups is 2. The third-order valence-electron chi connectivity index (χ3n) is 7.90. The van der Waals surface area contributed by atoms with E-state index < -0.39 is 42.3 Å². The highest BCUT2D eigenvalue weighted by atomic mass is 32.1. The summed E-state index contributed by atoms with van der Waals surface area (Å²) < 4.78 is 28.6. The number of fused-ring (bicyclic) bond motifs is 3. The van der Waals surface area contributed by atoms with Crippen LogP contribution in [0.15, 0.2) is 107 Å². The first-order chi connectivity index (χ1) is 21.8. The largest absolute Gasteiger partial charge is 0.453 e. The molecule has 7 rings (SSSR count). The Morgan fingerprint density at radius 3 is 1.49 bits per heavy atom. The highest BCUT2D eigenvalue weighted by Crippen LogP contribution is 2.32. The van der Waals surface area contributed by atoms with Gasteiger partial charge in [0, 0.05) is 9.79 Å². The smallest absolute Gasteiger partial charge is 0.343 e. The minimum Gasteiger partial charge on any atom is -0.453 e. The molecule has 5 aromatic carbocycles. The molecule has 0 spiro atoms. The quantitative estimate of drug-likeness (QED) is 0.126. The maximum atomic E-state index is 12.9. The van der Waals surface area contributed by atoms with E-state index in [2.05, 4.69) is 25.3 Å². The van der Waals surface area contributed by atoms with Crippen molar-refractivity contribution < 1.29 is 38.1 Å². The summed E-state index contributed by atoms with van der Waals surface area (Å²) in [7, 11) is 0. The average Bonchev–Trinajstić information content (AvgIpc) is 3.63. The number of carbonyl (C=O) groups is 3. The van der Waals surface area contributed by atoms with Crippen LogP contribution in [-0.2, 0) is 18.9 Å². The normalized spacial score (nSPS) is 20.6. The molecule has 0 bridgehead atoms. The van der Waals surface area contributed by atoms with E-state index in [1.807, 2.05) is 48.5 Å². The van der Waals surface area contributed by atoms with Crippen molar-refractivity contribution in [3.05, 3.63) is 114 Å². The topological polar surface area (TPSA) is 97.4 Å². The summed E-state index contributed by atoms with van der Waals surface area (Å²) in [6.07, 6.45) is -2.44. The molecule has 10 heteroatoms. The van der Waals surface area contributed by atoms with Gasteiger partial charge in [0.05, 0.1) is 29.9 Å². The fourth-order valence-corrected chi connectivity index (χ4v) is 6.01. The molecule has 0 saturated carbocycles. The molecule has 2 aliphatic rings. The summed E-state index contributed by atoms with van der Waals surface area (Å²) in [4.78, 5) is 40.2. The van der Waals surface area contributed by atoms with Gasteiger partial charge in [-0.15, -0.1) is 25.3 Å². The Morgan fingerprint density at radius 1 is 0.533 bits per heavy atom. The lowest BCUT2D eigenvalue weighted by Gasteiger charge is -2.17. The van der Waals surface area contributed by atoms with Crippen LogP contribution < -0.4 is 4.74 Å². The van der Waals surface area contributed by atoms with Crippen molar-refractivity contribution in [3.8, 4) is 5.75 Å². The molecule has 2 saturated heterocycles. The van der Waals surface area contributed by atoms with Crippen molar-refractivity contribution in [2.75, 3.05) is 13.2 Å². The van der Waals surface area contributed by atoms with Crippen LogP contribution in [0.1, 0.15) is 31.1 Å². The van der Waals surface area contributed by atoms with Gasteiger partial charge >= 0.3 is 17.9 Å². The van der Waals surface area contributed by atoms with Crippen LogP contribution in [0.4, 0.5) is 0 Å². The van der Waals surface area contributed by atoms with E-state index in [1.165, 1.54) is 24.3 Å². The van der Waals surface area contributed by atoms with Gasteiger partial charge in [-0.25, -0.2) is 14.4 Å². The number of benzene rings is 5. The van der Waals surface area contributed by atoms with E-state index in [1.54, 1.807) is 24.3 Å². The predicted octanol–water partition coefficient (Wildman–Crippen LogP) is 6.34. The first-order valence-corrected chi connectivity index (χ1v) is 15.1. The second-order valence-electron chi connectivity index (χ2n) is 10.9. The third kappa shape index (κ3) is 6.14. The number of hydrogen-bond donors (Lipinski definition) is 2. The van der Waals surface area contributed by atoms with E-state index >= 15 is 0 Å². The molecule has 0 N–H and O–H groups in total. The van der Waals surface area contributed by atoms with Crippen LogP contribution in [0.2, 0.25) is 0 Å². The molecule has 45 heavy (non-hydrogen) atoms. The Hall–Kier alpha value is -4.35. The van der Waals surface area contributed by atoms with Gasteiger partial charge in [-0.3, -0.25) is 0 Å². The van der Waals surface area contributed by atoms with Crippen LogP contribution >= 0.6 is 25.3 Å². The Bertz CT molecular complexity index is 1960. The van der Waals surface area contributed by atoms with Gasteiger partial charge in [-0.2, -0.15) is 0 Å². The molecule has 2 aliphatic heterocycles. The highest BCUT2D eigenvalue weighted by molar-refractivity contribution is 7.80. The monoisotopic (exact) mass is 638 g/mol. The molecular formula is C35H26O8S2. The van der Waals surface area contributed by atoms with Crippen LogP contribution in [0.5, 0.6) is 5.75 Å². The molecular weight excluding hydrogens is 613 g/mol. The summed E-state index contributed by atoms with van der Waals surface area (Å²) in [6.45, 7) is 0.229. The van der Waals surface area contributed by atoms with Gasteiger partial charge in [0.1, 0.15) is 18.0 Å². The van der Waals surface area contributed by atoms with E-state index in [9.17, 15) is 14.4 Å². The minimum atomic E-state index is -0.675. The molecule has 0 aliphatic carbocycles.